The molecule has 3 aromatic rings. The summed E-state index contributed by atoms with van der Waals surface area (Å²) in [6.07, 6.45) is 1.57. The van der Waals surface area contributed by atoms with Crippen molar-refractivity contribution in [2.75, 3.05) is 31.1 Å². The van der Waals surface area contributed by atoms with E-state index in [1.807, 2.05) is 18.2 Å². The highest BCUT2D eigenvalue weighted by Gasteiger charge is 2.29. The molecule has 162 valence electrons. The van der Waals surface area contributed by atoms with Gasteiger partial charge in [-0.25, -0.2) is 18.4 Å². The quantitative estimate of drug-likeness (QED) is 0.603. The van der Waals surface area contributed by atoms with Crippen LogP contribution in [-0.4, -0.2) is 48.9 Å². The van der Waals surface area contributed by atoms with Crippen LogP contribution in [0.1, 0.15) is 30.9 Å². The van der Waals surface area contributed by atoms with Crippen molar-refractivity contribution in [2.24, 2.45) is 0 Å². The van der Waals surface area contributed by atoms with Crippen LogP contribution >= 0.6 is 0 Å². The topological polar surface area (TPSA) is 66.4 Å². The van der Waals surface area contributed by atoms with Gasteiger partial charge in [-0.1, -0.05) is 55.8 Å². The van der Waals surface area contributed by atoms with Crippen LogP contribution in [0, 0.1) is 6.92 Å². The van der Waals surface area contributed by atoms with Gasteiger partial charge in [0, 0.05) is 37.8 Å². The number of anilines is 1. The van der Waals surface area contributed by atoms with Crippen LogP contribution in [0.2, 0.25) is 0 Å². The smallest absolute Gasteiger partial charge is 0.243 e. The Balaban J connectivity index is 1.46. The highest BCUT2D eigenvalue weighted by Crippen LogP contribution is 2.24. The Morgan fingerprint density at radius 3 is 2.13 bits per heavy atom. The molecule has 6 nitrogen and oxygen atoms in total. The number of sulfonamides is 1. The number of aryl methyl sites for hydroxylation is 1. The van der Waals surface area contributed by atoms with Gasteiger partial charge in [0.15, 0.2) is 0 Å². The minimum absolute atomic E-state index is 0.356. The van der Waals surface area contributed by atoms with Gasteiger partial charge in [-0.2, -0.15) is 4.31 Å². The van der Waals surface area contributed by atoms with Gasteiger partial charge in [0.05, 0.1) is 10.6 Å². The molecule has 1 saturated heterocycles. The van der Waals surface area contributed by atoms with Gasteiger partial charge in [-0.15, -0.1) is 0 Å². The lowest BCUT2D eigenvalue weighted by Crippen LogP contribution is -2.48. The van der Waals surface area contributed by atoms with Crippen LogP contribution in [-0.2, 0) is 10.0 Å². The highest BCUT2D eigenvalue weighted by molar-refractivity contribution is 7.89. The summed E-state index contributed by atoms with van der Waals surface area (Å²) in [4.78, 5) is 11.3. The second-order valence-corrected chi connectivity index (χ2v) is 10.2. The highest BCUT2D eigenvalue weighted by atomic mass is 32.2. The average molecular weight is 437 g/mol. The van der Waals surface area contributed by atoms with Gasteiger partial charge in [-0.05, 0) is 30.5 Å². The summed E-state index contributed by atoms with van der Waals surface area (Å²) in [6, 6.07) is 17.4. The number of aromatic nitrogens is 2. The molecule has 0 atom stereocenters. The van der Waals surface area contributed by atoms with Crippen LogP contribution in [0.3, 0.4) is 0 Å². The molecule has 1 aliphatic rings. The van der Waals surface area contributed by atoms with E-state index in [0.717, 1.165) is 22.6 Å². The van der Waals surface area contributed by atoms with Crippen molar-refractivity contribution in [2.45, 2.75) is 31.6 Å². The fourth-order valence-electron chi connectivity index (χ4n) is 3.73. The average Bonchev–Trinajstić information content (AvgIpc) is 2.80. The molecule has 1 aliphatic heterocycles. The second-order valence-electron chi connectivity index (χ2n) is 8.24. The maximum atomic E-state index is 13.1. The predicted octanol–water partition coefficient (Wildman–Crippen LogP) is 4.09. The summed E-state index contributed by atoms with van der Waals surface area (Å²) in [5.74, 6) is 1.20. The van der Waals surface area contributed by atoms with Crippen molar-refractivity contribution in [3.63, 3.8) is 0 Å². The van der Waals surface area contributed by atoms with Crippen molar-refractivity contribution in [1.82, 2.24) is 14.3 Å². The molecule has 31 heavy (non-hydrogen) atoms. The molecule has 0 spiro atoms. The summed E-state index contributed by atoms with van der Waals surface area (Å²) in [7, 11) is -3.49. The summed E-state index contributed by atoms with van der Waals surface area (Å²) in [5.41, 5.74) is 4.25. The zero-order valence-corrected chi connectivity index (χ0v) is 19.0. The maximum absolute atomic E-state index is 13.1. The van der Waals surface area contributed by atoms with E-state index in [1.54, 1.807) is 22.8 Å². The Hall–Kier alpha value is -2.77. The van der Waals surface area contributed by atoms with Crippen molar-refractivity contribution >= 4 is 15.8 Å². The maximum Gasteiger partial charge on any atom is 0.243 e. The molecule has 7 heteroatoms. The number of nitrogens with zero attached hydrogens (tertiary/aromatic N) is 4. The Morgan fingerprint density at radius 2 is 1.52 bits per heavy atom. The van der Waals surface area contributed by atoms with Gasteiger partial charge in [0.1, 0.15) is 12.1 Å². The van der Waals surface area contributed by atoms with Crippen LogP contribution in [0.4, 0.5) is 5.82 Å². The predicted molar refractivity (Wildman–Crippen MR) is 124 cm³/mol. The van der Waals surface area contributed by atoms with E-state index in [2.05, 4.69) is 59.9 Å². The molecule has 0 N–H and O–H groups in total. The summed E-state index contributed by atoms with van der Waals surface area (Å²) < 4.78 is 27.7. The van der Waals surface area contributed by atoms with E-state index in [9.17, 15) is 8.42 Å². The Bertz CT molecular complexity index is 1130. The Morgan fingerprint density at radius 1 is 0.871 bits per heavy atom. The zero-order chi connectivity index (χ0) is 22.0. The summed E-state index contributed by atoms with van der Waals surface area (Å²) in [5, 5.41) is 0. The van der Waals surface area contributed by atoms with Crippen LogP contribution in [0.25, 0.3) is 11.3 Å². The molecule has 2 aromatic carbocycles. The van der Waals surface area contributed by atoms with Gasteiger partial charge in [0.2, 0.25) is 10.0 Å². The third kappa shape index (κ3) is 4.62. The lowest BCUT2D eigenvalue weighted by atomic mass is 10.0. The number of benzene rings is 2. The first-order valence-electron chi connectivity index (χ1n) is 10.6. The van der Waals surface area contributed by atoms with Gasteiger partial charge >= 0.3 is 0 Å². The molecule has 1 fully saturated rings. The molecule has 2 heterocycles. The van der Waals surface area contributed by atoms with Crippen molar-refractivity contribution in [3.8, 4) is 11.3 Å². The zero-order valence-electron chi connectivity index (χ0n) is 18.2. The Labute approximate surface area is 184 Å². The first-order chi connectivity index (χ1) is 14.8. The summed E-state index contributed by atoms with van der Waals surface area (Å²) >= 11 is 0. The monoisotopic (exact) mass is 436 g/mol. The van der Waals surface area contributed by atoms with E-state index in [1.165, 1.54) is 5.56 Å². The molecular formula is C24H28N4O2S. The second kappa shape index (κ2) is 8.77. The lowest BCUT2D eigenvalue weighted by Gasteiger charge is -2.34. The van der Waals surface area contributed by atoms with Gasteiger partial charge in [0.25, 0.3) is 0 Å². The number of hydrogen-bond acceptors (Lipinski definition) is 5. The van der Waals surface area contributed by atoms with Crippen LogP contribution in [0.5, 0.6) is 0 Å². The standard InChI is InChI=1S/C24H28N4O2S/c1-18(2)20-8-10-22(11-9-20)31(29,30)28-14-12-27(13-15-28)24-16-23(25-17-26-24)21-6-4-19(3)5-7-21/h4-11,16-18H,12-15H2,1-3H3. The summed E-state index contributed by atoms with van der Waals surface area (Å²) in [6.45, 7) is 8.29. The fraction of sp³-hybridized carbons (Fsp3) is 0.333. The molecule has 0 saturated carbocycles. The first kappa shape index (κ1) is 21.5. The van der Waals surface area contributed by atoms with E-state index in [0.29, 0.717) is 37.0 Å². The molecule has 0 bridgehead atoms. The minimum atomic E-state index is -3.49. The molecule has 1 aromatic heterocycles. The number of piperazine rings is 1. The molecular weight excluding hydrogens is 408 g/mol. The van der Waals surface area contributed by atoms with E-state index >= 15 is 0 Å². The van der Waals surface area contributed by atoms with Crippen LogP contribution in [0.15, 0.2) is 65.8 Å². The van der Waals surface area contributed by atoms with Crippen molar-refractivity contribution < 1.29 is 8.42 Å². The van der Waals surface area contributed by atoms with E-state index in [4.69, 9.17) is 0 Å². The van der Waals surface area contributed by atoms with E-state index in [-0.39, 0.29) is 0 Å². The molecule has 0 unspecified atom stereocenters. The SMILES string of the molecule is Cc1ccc(-c2cc(N3CCN(S(=O)(=O)c4ccc(C(C)C)cc4)CC3)ncn2)cc1. The third-order valence-electron chi connectivity index (χ3n) is 5.75. The van der Waals surface area contributed by atoms with Gasteiger partial charge < -0.3 is 4.90 Å². The number of hydrogen-bond donors (Lipinski definition) is 0. The molecule has 0 aliphatic carbocycles. The lowest BCUT2D eigenvalue weighted by molar-refractivity contribution is 0.384. The normalized spacial score (nSPS) is 15.4. The molecule has 4 rings (SSSR count). The van der Waals surface area contributed by atoms with Gasteiger partial charge in [-0.3, -0.25) is 0 Å². The number of rotatable bonds is 5. The molecule has 0 radical (unpaired) electrons. The van der Waals surface area contributed by atoms with Crippen molar-refractivity contribution in [1.29, 1.82) is 0 Å². The largest absolute Gasteiger partial charge is 0.354 e. The fourth-order valence-corrected chi connectivity index (χ4v) is 5.16. The van der Waals surface area contributed by atoms with Crippen molar-refractivity contribution in [3.05, 3.63) is 72.1 Å². The molecule has 0 amide bonds. The minimum Gasteiger partial charge on any atom is -0.354 e. The third-order valence-corrected chi connectivity index (χ3v) is 7.66. The van der Waals surface area contributed by atoms with E-state index < -0.39 is 10.0 Å². The van der Waals surface area contributed by atoms with Crippen LogP contribution < -0.4 is 4.90 Å². The first-order valence-corrected chi connectivity index (χ1v) is 12.0. The Kier molecular flexibility index (Phi) is 6.07.